The molecule has 2 aromatic rings. The quantitative estimate of drug-likeness (QED) is 0.835. The highest BCUT2D eigenvalue weighted by molar-refractivity contribution is 5.81. The lowest BCUT2D eigenvalue weighted by Crippen LogP contribution is -2.42. The highest BCUT2D eigenvalue weighted by atomic mass is 16.5. The number of carbonyl (C=O) groups is 2. The zero-order chi connectivity index (χ0) is 17.2. The molecule has 0 atom stereocenters. The van der Waals surface area contributed by atoms with E-state index in [4.69, 9.17) is 4.74 Å². The van der Waals surface area contributed by atoms with Gasteiger partial charge in [0.15, 0.2) is 6.61 Å². The van der Waals surface area contributed by atoms with E-state index in [1.165, 1.54) is 6.33 Å². The molecule has 8 nitrogen and oxygen atoms in total. The molecule has 2 rings (SSSR count). The fourth-order valence-corrected chi connectivity index (χ4v) is 2.21. The summed E-state index contributed by atoms with van der Waals surface area (Å²) in [5.41, 5.74) is 1.84. The van der Waals surface area contributed by atoms with Crippen molar-refractivity contribution in [2.24, 2.45) is 0 Å². The van der Waals surface area contributed by atoms with Crippen LogP contribution >= 0.6 is 0 Å². The van der Waals surface area contributed by atoms with Crippen LogP contribution in [-0.4, -0.2) is 43.6 Å². The minimum atomic E-state index is -0.485. The van der Waals surface area contributed by atoms with Crippen molar-refractivity contribution in [3.63, 3.8) is 0 Å². The number of hydrogen-bond donors (Lipinski definition) is 1. The Labute approximate surface area is 134 Å². The van der Waals surface area contributed by atoms with Crippen LogP contribution in [0, 0.1) is 13.8 Å². The van der Waals surface area contributed by atoms with E-state index in [0.717, 1.165) is 11.3 Å². The lowest BCUT2D eigenvalue weighted by Gasteiger charge is -2.20. The predicted molar refractivity (Wildman–Crippen MR) is 82.8 cm³/mol. The number of esters is 1. The molecule has 0 fully saturated rings. The number of ether oxygens (including phenoxy) is 1. The number of carbonyl (C=O) groups excluding carboxylic acids is 2. The van der Waals surface area contributed by atoms with Crippen molar-refractivity contribution in [3.05, 3.63) is 23.3 Å². The Morgan fingerprint density at radius 2 is 2.00 bits per heavy atom. The third-order valence-electron chi connectivity index (χ3n) is 3.19. The maximum Gasteiger partial charge on any atom is 0.310 e. The van der Waals surface area contributed by atoms with Crippen LogP contribution in [0.1, 0.15) is 37.7 Å². The lowest BCUT2D eigenvalue weighted by molar-refractivity contribution is -0.148. The molecular formula is C15H21N5O3. The van der Waals surface area contributed by atoms with Crippen molar-refractivity contribution in [2.45, 2.75) is 46.6 Å². The summed E-state index contributed by atoms with van der Waals surface area (Å²) < 4.78 is 6.60. The van der Waals surface area contributed by atoms with Crippen LogP contribution < -0.4 is 5.32 Å². The Bertz CT molecular complexity index is 745. The Hall–Kier alpha value is -2.51. The van der Waals surface area contributed by atoms with Crippen molar-refractivity contribution >= 4 is 17.7 Å². The van der Waals surface area contributed by atoms with Crippen LogP contribution in [0.15, 0.2) is 6.33 Å². The first kappa shape index (κ1) is 16.9. The fraction of sp³-hybridized carbons (Fsp3) is 0.533. The van der Waals surface area contributed by atoms with E-state index in [1.54, 1.807) is 11.4 Å². The van der Waals surface area contributed by atoms with Gasteiger partial charge in [0, 0.05) is 22.5 Å². The molecule has 0 aliphatic rings. The molecule has 0 radical (unpaired) electrons. The zero-order valence-electron chi connectivity index (χ0n) is 14.0. The van der Waals surface area contributed by atoms with E-state index in [0.29, 0.717) is 11.5 Å². The van der Waals surface area contributed by atoms with Crippen LogP contribution in [-0.2, 0) is 20.7 Å². The van der Waals surface area contributed by atoms with Crippen LogP contribution in [0.25, 0.3) is 5.78 Å². The third kappa shape index (κ3) is 4.24. The molecule has 0 aliphatic carbocycles. The minimum absolute atomic E-state index is 0.0310. The molecular weight excluding hydrogens is 298 g/mol. The van der Waals surface area contributed by atoms with Crippen molar-refractivity contribution in [2.75, 3.05) is 6.61 Å². The zero-order valence-corrected chi connectivity index (χ0v) is 14.0. The summed E-state index contributed by atoms with van der Waals surface area (Å²) in [5.74, 6) is -0.327. The third-order valence-corrected chi connectivity index (χ3v) is 3.19. The maximum atomic E-state index is 12.0. The van der Waals surface area contributed by atoms with Gasteiger partial charge in [-0.1, -0.05) is 0 Å². The van der Waals surface area contributed by atoms with Gasteiger partial charge in [-0.15, -0.1) is 0 Å². The van der Waals surface area contributed by atoms with Crippen LogP contribution in [0.4, 0.5) is 0 Å². The van der Waals surface area contributed by atoms with Gasteiger partial charge in [0.05, 0.1) is 6.42 Å². The van der Waals surface area contributed by atoms with Gasteiger partial charge in [0.2, 0.25) is 0 Å². The number of nitrogens with one attached hydrogen (secondary N) is 1. The van der Waals surface area contributed by atoms with Gasteiger partial charge in [-0.3, -0.25) is 9.59 Å². The minimum Gasteiger partial charge on any atom is -0.455 e. The summed E-state index contributed by atoms with van der Waals surface area (Å²) >= 11 is 0. The normalized spacial score (nSPS) is 11.5. The van der Waals surface area contributed by atoms with Crippen molar-refractivity contribution in [1.29, 1.82) is 0 Å². The number of amides is 1. The number of rotatable bonds is 4. The molecule has 8 heteroatoms. The highest BCUT2D eigenvalue weighted by Crippen LogP contribution is 2.14. The van der Waals surface area contributed by atoms with E-state index in [1.807, 2.05) is 27.7 Å². The van der Waals surface area contributed by atoms with Crippen LogP contribution in [0.5, 0.6) is 0 Å². The van der Waals surface area contributed by atoms with Gasteiger partial charge >= 0.3 is 5.97 Å². The molecule has 1 amide bonds. The van der Waals surface area contributed by atoms with Crippen molar-refractivity contribution in [3.8, 4) is 0 Å². The average molecular weight is 319 g/mol. The molecule has 0 unspecified atom stereocenters. The smallest absolute Gasteiger partial charge is 0.310 e. The van der Waals surface area contributed by atoms with Gasteiger partial charge in [0.25, 0.3) is 11.7 Å². The van der Waals surface area contributed by atoms with Gasteiger partial charge in [-0.25, -0.2) is 9.50 Å². The average Bonchev–Trinajstić information content (AvgIpc) is 2.87. The first-order valence-electron chi connectivity index (χ1n) is 7.30. The predicted octanol–water partition coefficient (Wildman–Crippen LogP) is 0.742. The lowest BCUT2D eigenvalue weighted by atomic mass is 10.1. The SMILES string of the molecule is Cc1nc2ncnn2c(C)c1CC(=O)OCC(=O)NC(C)(C)C. The number of nitrogens with zero attached hydrogens (tertiary/aromatic N) is 4. The first-order chi connectivity index (χ1) is 10.7. The molecule has 2 heterocycles. The number of aryl methyl sites for hydroxylation is 2. The second-order valence-corrected chi connectivity index (χ2v) is 6.37. The molecule has 0 aliphatic heterocycles. The second-order valence-electron chi connectivity index (χ2n) is 6.37. The summed E-state index contributed by atoms with van der Waals surface area (Å²) in [5, 5.41) is 6.80. The van der Waals surface area contributed by atoms with E-state index < -0.39 is 5.97 Å². The summed E-state index contributed by atoms with van der Waals surface area (Å²) in [6, 6.07) is 0. The summed E-state index contributed by atoms with van der Waals surface area (Å²) in [4.78, 5) is 32.0. The number of fused-ring (bicyclic) bond motifs is 1. The molecule has 0 spiro atoms. The molecule has 23 heavy (non-hydrogen) atoms. The maximum absolute atomic E-state index is 12.0. The molecule has 0 saturated heterocycles. The van der Waals surface area contributed by atoms with E-state index in [-0.39, 0.29) is 24.5 Å². The second kappa shape index (κ2) is 6.31. The van der Waals surface area contributed by atoms with Crippen molar-refractivity contribution < 1.29 is 14.3 Å². The molecule has 1 N–H and O–H groups in total. The standard InChI is InChI=1S/C15H21N5O3/c1-9-11(10(2)20-14(18-9)16-8-17-20)6-13(22)23-7-12(21)19-15(3,4)5/h8H,6-7H2,1-5H3,(H,19,21). The van der Waals surface area contributed by atoms with Gasteiger partial charge in [-0.2, -0.15) is 10.1 Å². The Kier molecular flexibility index (Phi) is 4.63. The Morgan fingerprint density at radius 1 is 1.30 bits per heavy atom. The van der Waals surface area contributed by atoms with Gasteiger partial charge in [-0.05, 0) is 34.6 Å². The fourth-order valence-electron chi connectivity index (χ4n) is 2.21. The van der Waals surface area contributed by atoms with Crippen LogP contribution in [0.3, 0.4) is 0 Å². The van der Waals surface area contributed by atoms with Gasteiger partial charge in [0.1, 0.15) is 6.33 Å². The molecule has 0 bridgehead atoms. The van der Waals surface area contributed by atoms with E-state index >= 15 is 0 Å². The largest absolute Gasteiger partial charge is 0.455 e. The van der Waals surface area contributed by atoms with E-state index in [9.17, 15) is 9.59 Å². The van der Waals surface area contributed by atoms with Crippen molar-refractivity contribution in [1.82, 2.24) is 24.9 Å². The summed E-state index contributed by atoms with van der Waals surface area (Å²) in [6.45, 7) is 8.92. The number of aromatic nitrogens is 4. The monoisotopic (exact) mass is 319 g/mol. The topological polar surface area (TPSA) is 98.5 Å². The van der Waals surface area contributed by atoms with Crippen LogP contribution in [0.2, 0.25) is 0 Å². The molecule has 2 aromatic heterocycles. The van der Waals surface area contributed by atoms with Gasteiger partial charge < -0.3 is 10.1 Å². The Balaban J connectivity index is 2.02. The van der Waals surface area contributed by atoms with E-state index in [2.05, 4.69) is 20.4 Å². The molecule has 124 valence electrons. The Morgan fingerprint density at radius 3 is 2.65 bits per heavy atom. The first-order valence-corrected chi connectivity index (χ1v) is 7.30. The highest BCUT2D eigenvalue weighted by Gasteiger charge is 2.18. The number of hydrogen-bond acceptors (Lipinski definition) is 6. The molecule has 0 saturated carbocycles. The summed E-state index contributed by atoms with van der Waals surface area (Å²) in [6.07, 6.45) is 1.44. The molecule has 0 aromatic carbocycles. The summed E-state index contributed by atoms with van der Waals surface area (Å²) in [7, 11) is 0.